The number of nitrogens with zero attached hydrogens (tertiary/aromatic N) is 2. The first kappa shape index (κ1) is 23.5. The standard InChI is InChI=1S/C23H28F3N3OS/c1-15(2)12-21(30)27-17-13-16(23(24,25)26)14-20-22(17)29(11-7-10-28(3)4)18-8-5-6-9-19(18)31-20/h5-6,8-9,13-15H,7,10-12H2,1-4H3,(H,27,30). The molecule has 0 aromatic heterocycles. The highest BCUT2D eigenvalue weighted by atomic mass is 32.2. The Morgan fingerprint density at radius 1 is 1.16 bits per heavy atom. The molecule has 8 heteroatoms. The van der Waals surface area contributed by atoms with Crippen LogP contribution in [0.4, 0.5) is 30.2 Å². The second-order valence-electron chi connectivity index (χ2n) is 8.39. The third-order valence-corrected chi connectivity index (χ3v) is 6.00. The number of carbonyl (C=O) groups excluding carboxylic acids is 1. The SMILES string of the molecule is CC(C)CC(=O)Nc1cc(C(F)(F)F)cc2c1N(CCCN(C)C)c1ccccc1S2. The largest absolute Gasteiger partial charge is 0.416 e. The van der Waals surface area contributed by atoms with E-state index in [1.54, 1.807) is 0 Å². The molecule has 0 spiro atoms. The summed E-state index contributed by atoms with van der Waals surface area (Å²) in [7, 11) is 3.97. The molecule has 1 heterocycles. The highest BCUT2D eigenvalue weighted by Gasteiger charge is 2.35. The van der Waals surface area contributed by atoms with E-state index in [2.05, 4.69) is 10.2 Å². The number of hydrogen-bond donors (Lipinski definition) is 1. The van der Waals surface area contributed by atoms with Crippen LogP contribution < -0.4 is 10.2 Å². The molecule has 2 aromatic carbocycles. The van der Waals surface area contributed by atoms with Crippen LogP contribution in [-0.2, 0) is 11.0 Å². The highest BCUT2D eigenvalue weighted by Crippen LogP contribution is 2.52. The van der Waals surface area contributed by atoms with Gasteiger partial charge in [-0.15, -0.1) is 0 Å². The minimum absolute atomic E-state index is 0.105. The number of benzene rings is 2. The molecule has 0 bridgehead atoms. The van der Waals surface area contributed by atoms with Crippen molar-refractivity contribution in [3.8, 4) is 0 Å². The van der Waals surface area contributed by atoms with E-state index in [0.717, 1.165) is 29.6 Å². The first-order valence-corrected chi connectivity index (χ1v) is 11.1. The average molecular weight is 452 g/mol. The summed E-state index contributed by atoms with van der Waals surface area (Å²) in [4.78, 5) is 18.0. The molecule has 31 heavy (non-hydrogen) atoms. The predicted molar refractivity (Wildman–Crippen MR) is 120 cm³/mol. The van der Waals surface area contributed by atoms with Crippen molar-refractivity contribution in [1.82, 2.24) is 4.90 Å². The molecule has 1 aliphatic rings. The Balaban J connectivity index is 2.10. The van der Waals surface area contributed by atoms with Gasteiger partial charge < -0.3 is 15.1 Å². The summed E-state index contributed by atoms with van der Waals surface area (Å²) < 4.78 is 40.9. The van der Waals surface area contributed by atoms with E-state index in [0.29, 0.717) is 17.1 Å². The Kier molecular flexibility index (Phi) is 7.21. The molecule has 1 N–H and O–H groups in total. The van der Waals surface area contributed by atoms with Gasteiger partial charge >= 0.3 is 6.18 Å². The van der Waals surface area contributed by atoms with Gasteiger partial charge in [-0.25, -0.2) is 0 Å². The molecular formula is C23H28F3N3OS. The van der Waals surface area contributed by atoms with Crippen LogP contribution in [-0.4, -0.2) is 38.0 Å². The zero-order chi connectivity index (χ0) is 22.8. The molecule has 3 rings (SSSR count). The fourth-order valence-electron chi connectivity index (χ4n) is 3.58. The van der Waals surface area contributed by atoms with Crippen molar-refractivity contribution < 1.29 is 18.0 Å². The Bertz CT molecular complexity index is 944. The van der Waals surface area contributed by atoms with Crippen LogP contribution in [0.25, 0.3) is 0 Å². The number of halogens is 3. The lowest BCUT2D eigenvalue weighted by Gasteiger charge is -2.35. The van der Waals surface area contributed by atoms with Crippen molar-refractivity contribution in [3.05, 3.63) is 42.0 Å². The molecular weight excluding hydrogens is 423 g/mol. The van der Waals surface area contributed by atoms with Crippen LogP contribution in [0.1, 0.15) is 32.3 Å². The van der Waals surface area contributed by atoms with Gasteiger partial charge in [-0.05, 0) is 57.2 Å². The zero-order valence-corrected chi connectivity index (χ0v) is 19.0. The summed E-state index contributed by atoms with van der Waals surface area (Å²) in [5, 5.41) is 2.77. The Morgan fingerprint density at radius 2 is 1.87 bits per heavy atom. The normalized spacial score (nSPS) is 13.4. The van der Waals surface area contributed by atoms with Gasteiger partial charge in [-0.3, -0.25) is 4.79 Å². The number of carbonyl (C=O) groups is 1. The van der Waals surface area contributed by atoms with Crippen LogP contribution in [0.3, 0.4) is 0 Å². The van der Waals surface area contributed by atoms with Crippen LogP contribution in [0, 0.1) is 5.92 Å². The number of amides is 1. The second kappa shape index (κ2) is 9.53. The Hall–Kier alpha value is -2.19. The van der Waals surface area contributed by atoms with Crippen LogP contribution >= 0.6 is 11.8 Å². The highest BCUT2D eigenvalue weighted by molar-refractivity contribution is 7.99. The van der Waals surface area contributed by atoms with Crippen molar-refractivity contribution in [3.63, 3.8) is 0 Å². The van der Waals surface area contributed by atoms with Crippen LogP contribution in [0.5, 0.6) is 0 Å². The number of rotatable bonds is 7. The summed E-state index contributed by atoms with van der Waals surface area (Å²) in [6.07, 6.45) is -3.43. The first-order valence-electron chi connectivity index (χ1n) is 10.3. The molecule has 4 nitrogen and oxygen atoms in total. The minimum atomic E-state index is -4.50. The summed E-state index contributed by atoms with van der Waals surface area (Å²) >= 11 is 1.31. The molecule has 168 valence electrons. The predicted octanol–water partition coefficient (Wildman–Crippen LogP) is 6.24. The van der Waals surface area contributed by atoms with Gasteiger partial charge in [0.2, 0.25) is 5.91 Å². The fourth-order valence-corrected chi connectivity index (χ4v) is 4.75. The van der Waals surface area contributed by atoms with Gasteiger partial charge in [-0.1, -0.05) is 37.7 Å². The third-order valence-electron chi connectivity index (χ3n) is 4.90. The van der Waals surface area contributed by atoms with E-state index in [1.807, 2.05) is 57.1 Å². The number of para-hydroxylation sites is 1. The molecule has 0 saturated carbocycles. The van der Waals surface area contributed by atoms with Crippen molar-refractivity contribution in [2.75, 3.05) is 37.4 Å². The molecule has 0 unspecified atom stereocenters. The van der Waals surface area contributed by atoms with Gasteiger partial charge in [0.1, 0.15) is 0 Å². The zero-order valence-electron chi connectivity index (χ0n) is 18.2. The average Bonchev–Trinajstić information content (AvgIpc) is 2.65. The van der Waals surface area contributed by atoms with E-state index < -0.39 is 11.7 Å². The number of anilines is 3. The molecule has 0 fully saturated rings. The maximum Gasteiger partial charge on any atom is 0.416 e. The number of fused-ring (bicyclic) bond motifs is 2. The molecule has 1 aliphatic heterocycles. The monoisotopic (exact) mass is 451 g/mol. The van der Waals surface area contributed by atoms with E-state index in [-0.39, 0.29) is 23.9 Å². The van der Waals surface area contributed by atoms with Crippen molar-refractivity contribution in [2.24, 2.45) is 5.92 Å². The summed E-state index contributed by atoms with van der Waals surface area (Å²) in [6.45, 7) is 5.28. The minimum Gasteiger partial charge on any atom is -0.338 e. The van der Waals surface area contributed by atoms with Crippen LogP contribution in [0.2, 0.25) is 0 Å². The molecule has 0 atom stereocenters. The lowest BCUT2D eigenvalue weighted by Crippen LogP contribution is -2.27. The van der Waals surface area contributed by atoms with Crippen LogP contribution in [0.15, 0.2) is 46.2 Å². The summed E-state index contributed by atoms with van der Waals surface area (Å²) in [5.74, 6) is -0.179. The quantitative estimate of drug-likeness (QED) is 0.540. The van der Waals surface area contributed by atoms with Gasteiger partial charge in [0.05, 0.1) is 22.6 Å². The van der Waals surface area contributed by atoms with E-state index in [9.17, 15) is 18.0 Å². The molecule has 0 radical (unpaired) electrons. The molecule has 1 amide bonds. The maximum absolute atomic E-state index is 13.6. The summed E-state index contributed by atoms with van der Waals surface area (Å²) in [5.41, 5.74) is 1.03. The lowest BCUT2D eigenvalue weighted by molar-refractivity contribution is -0.137. The molecule has 2 aromatic rings. The summed E-state index contributed by atoms with van der Waals surface area (Å²) in [6, 6.07) is 9.94. The topological polar surface area (TPSA) is 35.6 Å². The number of nitrogens with one attached hydrogen (secondary N) is 1. The van der Waals surface area contributed by atoms with E-state index >= 15 is 0 Å². The Morgan fingerprint density at radius 3 is 2.52 bits per heavy atom. The van der Waals surface area contributed by atoms with E-state index in [4.69, 9.17) is 0 Å². The number of hydrogen-bond acceptors (Lipinski definition) is 4. The van der Waals surface area contributed by atoms with Gasteiger partial charge in [0, 0.05) is 22.8 Å². The molecule has 0 saturated heterocycles. The molecule has 0 aliphatic carbocycles. The van der Waals surface area contributed by atoms with Crippen molar-refractivity contribution in [2.45, 2.75) is 42.7 Å². The first-order chi connectivity index (χ1) is 14.6. The van der Waals surface area contributed by atoms with Crippen molar-refractivity contribution >= 4 is 34.7 Å². The van der Waals surface area contributed by atoms with Gasteiger partial charge in [0.15, 0.2) is 0 Å². The van der Waals surface area contributed by atoms with Crippen molar-refractivity contribution in [1.29, 1.82) is 0 Å². The van der Waals surface area contributed by atoms with Gasteiger partial charge in [-0.2, -0.15) is 13.2 Å². The third kappa shape index (κ3) is 5.74. The fraction of sp³-hybridized carbons (Fsp3) is 0.435. The Labute approximate surface area is 185 Å². The van der Waals surface area contributed by atoms with E-state index in [1.165, 1.54) is 17.8 Å². The van der Waals surface area contributed by atoms with Gasteiger partial charge in [0.25, 0.3) is 0 Å². The number of alkyl halides is 3. The smallest absolute Gasteiger partial charge is 0.338 e. The maximum atomic E-state index is 13.6. The second-order valence-corrected chi connectivity index (χ2v) is 9.48. The lowest BCUT2D eigenvalue weighted by atomic mass is 10.1.